The van der Waals surface area contributed by atoms with Gasteiger partial charge >= 0.3 is 11.9 Å². The summed E-state index contributed by atoms with van der Waals surface area (Å²) in [6.07, 6.45) is 0.239. The summed E-state index contributed by atoms with van der Waals surface area (Å²) in [4.78, 5) is 36.5. The fourth-order valence-electron chi connectivity index (χ4n) is 2.75. The van der Waals surface area contributed by atoms with E-state index in [9.17, 15) is 18.8 Å². The van der Waals surface area contributed by atoms with Crippen molar-refractivity contribution in [2.45, 2.75) is 12.5 Å². The van der Waals surface area contributed by atoms with E-state index in [0.717, 1.165) is 16.9 Å². The first-order valence-electron chi connectivity index (χ1n) is 8.74. The number of fused-ring (bicyclic) bond motifs is 1. The number of carbonyl (C=O) groups is 3. The summed E-state index contributed by atoms with van der Waals surface area (Å²) in [6.45, 7) is -0.572. The van der Waals surface area contributed by atoms with Gasteiger partial charge < -0.3 is 14.8 Å². The standard InChI is InChI=1S/C21H18FNO5S/c1-27-20(25)16(10-13-6-3-2-4-7-13)23-19(24)12-28-21(26)18-11-14-15(22)8-5-9-17(14)29-18/h2-9,11,16H,10,12H2,1H3,(H,23,24)/t16-/m0/s1. The predicted molar refractivity (Wildman–Crippen MR) is 106 cm³/mol. The molecule has 0 saturated carbocycles. The molecule has 2 aromatic carbocycles. The summed E-state index contributed by atoms with van der Waals surface area (Å²) in [7, 11) is 1.23. The Morgan fingerprint density at radius 2 is 1.86 bits per heavy atom. The summed E-state index contributed by atoms with van der Waals surface area (Å²) in [5.41, 5.74) is 0.840. The lowest BCUT2D eigenvalue weighted by atomic mass is 10.1. The number of hydrogen-bond donors (Lipinski definition) is 1. The molecule has 6 nitrogen and oxygen atoms in total. The maximum absolute atomic E-state index is 13.8. The minimum Gasteiger partial charge on any atom is -0.467 e. The molecule has 8 heteroatoms. The lowest BCUT2D eigenvalue weighted by Gasteiger charge is -2.16. The average Bonchev–Trinajstić information content (AvgIpc) is 3.17. The molecule has 1 amide bonds. The van der Waals surface area contributed by atoms with Crippen LogP contribution in [0.2, 0.25) is 0 Å². The Hall–Kier alpha value is -3.26. The van der Waals surface area contributed by atoms with E-state index in [1.807, 2.05) is 30.3 Å². The van der Waals surface area contributed by atoms with Crippen molar-refractivity contribution >= 4 is 39.3 Å². The molecule has 0 radical (unpaired) electrons. The van der Waals surface area contributed by atoms with Crippen LogP contribution in [0.15, 0.2) is 54.6 Å². The van der Waals surface area contributed by atoms with Gasteiger partial charge in [-0.1, -0.05) is 36.4 Å². The second-order valence-corrected chi connectivity index (χ2v) is 7.26. The van der Waals surface area contributed by atoms with Gasteiger partial charge in [0, 0.05) is 16.5 Å². The van der Waals surface area contributed by atoms with E-state index in [-0.39, 0.29) is 11.3 Å². The summed E-state index contributed by atoms with van der Waals surface area (Å²) >= 11 is 1.08. The second kappa shape index (κ2) is 9.29. The molecule has 1 N–H and O–H groups in total. The number of nitrogens with one attached hydrogen (secondary N) is 1. The van der Waals surface area contributed by atoms with Crippen LogP contribution in [0.1, 0.15) is 15.2 Å². The molecular weight excluding hydrogens is 397 g/mol. The number of esters is 2. The topological polar surface area (TPSA) is 81.7 Å². The van der Waals surface area contributed by atoms with E-state index in [0.29, 0.717) is 10.1 Å². The number of carbonyl (C=O) groups excluding carboxylic acids is 3. The Kier molecular flexibility index (Phi) is 6.56. The van der Waals surface area contributed by atoms with Crippen molar-refractivity contribution in [1.82, 2.24) is 5.32 Å². The summed E-state index contributed by atoms with van der Waals surface area (Å²) in [5, 5.41) is 2.83. The van der Waals surface area contributed by atoms with Crippen LogP contribution in [-0.4, -0.2) is 37.6 Å². The average molecular weight is 415 g/mol. The molecule has 0 aliphatic rings. The number of thiophene rings is 1. The first kappa shape index (κ1) is 20.5. The lowest BCUT2D eigenvalue weighted by Crippen LogP contribution is -2.44. The molecule has 1 atom stereocenters. The third-order valence-electron chi connectivity index (χ3n) is 4.15. The van der Waals surface area contributed by atoms with Gasteiger partial charge in [0.25, 0.3) is 5.91 Å². The normalized spacial score (nSPS) is 11.7. The zero-order chi connectivity index (χ0) is 20.8. The van der Waals surface area contributed by atoms with Gasteiger partial charge in [-0.05, 0) is 23.8 Å². The Labute approximate surface area is 170 Å². The van der Waals surface area contributed by atoms with Crippen molar-refractivity contribution in [2.75, 3.05) is 13.7 Å². The summed E-state index contributed by atoms with van der Waals surface area (Å²) in [6, 6.07) is 14.2. The van der Waals surface area contributed by atoms with Gasteiger partial charge in [0.05, 0.1) is 7.11 Å². The Bertz CT molecular complexity index is 1030. The quantitative estimate of drug-likeness (QED) is 0.600. The van der Waals surface area contributed by atoms with E-state index in [2.05, 4.69) is 5.32 Å². The fourth-order valence-corrected chi connectivity index (χ4v) is 3.72. The molecule has 1 heterocycles. The Morgan fingerprint density at radius 3 is 2.55 bits per heavy atom. The van der Waals surface area contributed by atoms with Gasteiger partial charge in [0.1, 0.15) is 16.7 Å². The van der Waals surface area contributed by atoms with Crippen LogP contribution in [0.25, 0.3) is 10.1 Å². The van der Waals surface area contributed by atoms with Crippen LogP contribution >= 0.6 is 11.3 Å². The van der Waals surface area contributed by atoms with Crippen molar-refractivity contribution in [1.29, 1.82) is 0 Å². The van der Waals surface area contributed by atoms with Gasteiger partial charge in [-0.15, -0.1) is 11.3 Å². The van der Waals surface area contributed by atoms with Crippen molar-refractivity contribution in [3.8, 4) is 0 Å². The van der Waals surface area contributed by atoms with Crippen LogP contribution in [-0.2, 0) is 25.5 Å². The largest absolute Gasteiger partial charge is 0.467 e. The molecule has 0 aliphatic carbocycles. The highest BCUT2D eigenvalue weighted by molar-refractivity contribution is 7.20. The van der Waals surface area contributed by atoms with E-state index in [1.165, 1.54) is 19.2 Å². The highest BCUT2D eigenvalue weighted by Crippen LogP contribution is 2.28. The summed E-state index contributed by atoms with van der Waals surface area (Å²) < 4.78 is 24.1. The van der Waals surface area contributed by atoms with E-state index >= 15 is 0 Å². The Morgan fingerprint density at radius 1 is 1.10 bits per heavy atom. The van der Waals surface area contributed by atoms with Gasteiger partial charge in [0.15, 0.2) is 6.61 Å². The number of ether oxygens (including phenoxy) is 2. The molecule has 0 saturated heterocycles. The van der Waals surface area contributed by atoms with Crippen molar-refractivity contribution in [3.63, 3.8) is 0 Å². The first-order valence-corrected chi connectivity index (χ1v) is 9.56. The molecule has 0 spiro atoms. The second-order valence-electron chi connectivity index (χ2n) is 6.17. The maximum atomic E-state index is 13.8. The third-order valence-corrected chi connectivity index (χ3v) is 5.23. The van der Waals surface area contributed by atoms with Crippen LogP contribution in [0.4, 0.5) is 4.39 Å². The monoisotopic (exact) mass is 415 g/mol. The number of halogens is 1. The molecule has 0 unspecified atom stereocenters. The number of benzene rings is 2. The summed E-state index contributed by atoms with van der Waals surface area (Å²) in [5.74, 6) is -2.42. The lowest BCUT2D eigenvalue weighted by molar-refractivity contribution is -0.145. The molecule has 150 valence electrons. The first-order chi connectivity index (χ1) is 14.0. The van der Waals surface area contributed by atoms with Crippen molar-refractivity contribution < 1.29 is 28.2 Å². The molecule has 29 heavy (non-hydrogen) atoms. The van der Waals surface area contributed by atoms with Gasteiger partial charge in [0.2, 0.25) is 0 Å². The van der Waals surface area contributed by atoms with E-state index in [4.69, 9.17) is 9.47 Å². The van der Waals surface area contributed by atoms with Crippen LogP contribution in [0, 0.1) is 5.82 Å². The highest BCUT2D eigenvalue weighted by Gasteiger charge is 2.23. The molecule has 3 aromatic rings. The molecule has 3 rings (SSSR count). The minimum atomic E-state index is -0.910. The SMILES string of the molecule is COC(=O)[C@H](Cc1ccccc1)NC(=O)COC(=O)c1cc2c(F)cccc2s1. The number of amides is 1. The Balaban J connectivity index is 1.59. The fraction of sp³-hybridized carbons (Fsp3) is 0.190. The number of methoxy groups -OCH3 is 1. The smallest absolute Gasteiger partial charge is 0.348 e. The zero-order valence-corrected chi connectivity index (χ0v) is 16.3. The van der Waals surface area contributed by atoms with Gasteiger partial charge in [-0.2, -0.15) is 0 Å². The van der Waals surface area contributed by atoms with Crippen LogP contribution in [0.3, 0.4) is 0 Å². The molecule has 1 aromatic heterocycles. The zero-order valence-electron chi connectivity index (χ0n) is 15.5. The number of rotatable bonds is 7. The van der Waals surface area contributed by atoms with Crippen LogP contribution < -0.4 is 5.32 Å². The minimum absolute atomic E-state index is 0.187. The molecular formula is C21H18FNO5S. The molecule has 0 bridgehead atoms. The van der Waals surface area contributed by atoms with Crippen molar-refractivity contribution in [2.24, 2.45) is 0 Å². The predicted octanol–water partition coefficient (Wildman–Crippen LogP) is 3.10. The molecule has 0 aliphatic heterocycles. The highest BCUT2D eigenvalue weighted by atomic mass is 32.1. The van der Waals surface area contributed by atoms with Gasteiger partial charge in [-0.25, -0.2) is 14.0 Å². The van der Waals surface area contributed by atoms with Gasteiger partial charge in [-0.3, -0.25) is 4.79 Å². The maximum Gasteiger partial charge on any atom is 0.348 e. The number of hydrogen-bond acceptors (Lipinski definition) is 6. The van der Waals surface area contributed by atoms with E-state index in [1.54, 1.807) is 12.1 Å². The van der Waals surface area contributed by atoms with Crippen molar-refractivity contribution in [3.05, 3.63) is 70.9 Å². The third kappa shape index (κ3) is 5.17. The van der Waals surface area contributed by atoms with Crippen LogP contribution in [0.5, 0.6) is 0 Å². The van der Waals surface area contributed by atoms with E-state index < -0.39 is 36.3 Å². The molecule has 0 fully saturated rings.